The van der Waals surface area contributed by atoms with Crippen LogP contribution in [-0.4, -0.2) is 10.2 Å². The van der Waals surface area contributed by atoms with Crippen LogP contribution in [0.1, 0.15) is 12.0 Å². The zero-order chi connectivity index (χ0) is 13.2. The third-order valence-corrected chi connectivity index (χ3v) is 3.14. The molecule has 2 nitrogen and oxygen atoms in total. The Bertz CT molecular complexity index is 450. The Labute approximate surface area is 119 Å². The molecule has 0 fully saturated rings. The highest BCUT2D eigenvalue weighted by atomic mass is 35.5. The number of nitrogens with two attached hydrogens (primary N) is 1. The van der Waals surface area contributed by atoms with Gasteiger partial charge in [0.1, 0.15) is 0 Å². The number of carbonyl (C=O) groups is 1. The first-order valence-electron chi connectivity index (χ1n) is 4.54. The second-order valence-corrected chi connectivity index (χ2v) is 5.86. The van der Waals surface area contributed by atoms with Gasteiger partial charge in [0.15, 0.2) is 4.33 Å². The van der Waals surface area contributed by atoms with Crippen LogP contribution >= 0.6 is 46.4 Å². The Hall–Kier alpha value is -0.410. The monoisotopic (exact) mass is 311 g/mol. The molecule has 0 saturated heterocycles. The molecule has 1 aromatic carbocycles. The zero-order valence-electron chi connectivity index (χ0n) is 8.64. The lowest BCUT2D eigenvalue weighted by atomic mass is 10.0. The predicted octanol–water partition coefficient (Wildman–Crippen LogP) is 4.06. The van der Waals surface area contributed by atoms with Crippen LogP contribution < -0.4 is 5.73 Å². The largest absolute Gasteiger partial charge is 0.367 e. The maximum Gasteiger partial charge on any atom is 0.254 e. The van der Waals surface area contributed by atoms with E-state index < -0.39 is 10.2 Å². The highest BCUT2D eigenvalue weighted by Crippen LogP contribution is 2.34. The molecule has 1 rings (SSSR count). The highest BCUT2D eigenvalue weighted by molar-refractivity contribution is 6.58. The van der Waals surface area contributed by atoms with E-state index >= 15 is 0 Å². The lowest BCUT2D eigenvalue weighted by Gasteiger charge is -2.17. The Balaban J connectivity index is 2.94. The lowest BCUT2D eigenvalue weighted by Crippen LogP contribution is -2.33. The van der Waals surface area contributed by atoms with Crippen molar-refractivity contribution in [1.82, 2.24) is 0 Å². The Morgan fingerprint density at radius 3 is 2.12 bits per heavy atom. The summed E-state index contributed by atoms with van der Waals surface area (Å²) in [7, 11) is 0. The van der Waals surface area contributed by atoms with E-state index in [0.29, 0.717) is 21.2 Å². The second kappa shape index (κ2) is 5.49. The highest BCUT2D eigenvalue weighted by Gasteiger charge is 2.32. The first kappa shape index (κ1) is 14.7. The Morgan fingerprint density at radius 2 is 1.71 bits per heavy atom. The zero-order valence-corrected chi connectivity index (χ0v) is 11.7. The fourth-order valence-corrected chi connectivity index (χ4v) is 2.06. The molecule has 0 bridgehead atoms. The minimum atomic E-state index is -1.69. The number of rotatable bonds is 4. The molecule has 92 valence electrons. The number of amides is 1. The quantitative estimate of drug-likeness (QED) is 0.837. The minimum absolute atomic E-state index is 0.00210. The van der Waals surface area contributed by atoms with E-state index in [1.165, 1.54) is 0 Å². The van der Waals surface area contributed by atoms with Crippen LogP contribution in [-0.2, 0) is 4.79 Å². The summed E-state index contributed by atoms with van der Waals surface area (Å²) >= 11 is 23.2. The number of primary amides is 1. The summed E-state index contributed by atoms with van der Waals surface area (Å²) in [5.74, 6) is -0.824. The molecule has 1 aromatic rings. The van der Waals surface area contributed by atoms with E-state index in [0.717, 1.165) is 0 Å². The molecule has 2 N–H and O–H groups in total. The summed E-state index contributed by atoms with van der Waals surface area (Å²) < 4.78 is -1.69. The Morgan fingerprint density at radius 1 is 1.24 bits per heavy atom. The molecule has 0 saturated carbocycles. The molecule has 0 aliphatic heterocycles. The second-order valence-electron chi connectivity index (χ2n) is 3.51. The summed E-state index contributed by atoms with van der Waals surface area (Å²) in [6.07, 6.45) is 0.00210. The number of benzene rings is 1. The van der Waals surface area contributed by atoms with Gasteiger partial charge in [-0.1, -0.05) is 53.0 Å². The van der Waals surface area contributed by atoms with Gasteiger partial charge in [-0.05, 0) is 29.3 Å². The topological polar surface area (TPSA) is 43.1 Å². The average Bonchev–Trinajstić information content (AvgIpc) is 2.15. The van der Waals surface area contributed by atoms with Crippen LogP contribution in [0.25, 0.3) is 5.57 Å². The van der Waals surface area contributed by atoms with Crippen molar-refractivity contribution in [3.63, 3.8) is 0 Å². The molecule has 0 aliphatic rings. The van der Waals surface area contributed by atoms with Crippen molar-refractivity contribution in [2.45, 2.75) is 10.8 Å². The first-order chi connectivity index (χ1) is 7.72. The van der Waals surface area contributed by atoms with Crippen molar-refractivity contribution >= 4 is 57.9 Å². The van der Waals surface area contributed by atoms with Crippen LogP contribution in [0.15, 0.2) is 24.8 Å². The van der Waals surface area contributed by atoms with Crippen molar-refractivity contribution in [3.8, 4) is 0 Å². The third-order valence-electron chi connectivity index (χ3n) is 2.07. The Kier molecular flexibility index (Phi) is 4.73. The fourth-order valence-electron chi connectivity index (χ4n) is 1.22. The molecule has 17 heavy (non-hydrogen) atoms. The molecule has 0 heterocycles. The number of carbonyl (C=O) groups excluding carboxylic acids is 1. The number of hydrogen-bond acceptors (Lipinski definition) is 1. The molecule has 0 atom stereocenters. The molecular weight excluding hydrogens is 304 g/mol. The summed E-state index contributed by atoms with van der Waals surface area (Å²) in [6, 6.07) is 4.89. The standard InChI is InChI=1S/C11H9Cl4NO/c1-6(5-11(14,15)10(16)17)7-2-8(12)4-9(13)3-7/h2-4H,1,5H2,(H2,16,17). The molecule has 6 heteroatoms. The van der Waals surface area contributed by atoms with Gasteiger partial charge in [0, 0.05) is 16.5 Å². The smallest absolute Gasteiger partial charge is 0.254 e. The summed E-state index contributed by atoms with van der Waals surface area (Å²) in [5.41, 5.74) is 6.25. The normalized spacial score (nSPS) is 11.3. The van der Waals surface area contributed by atoms with Crippen LogP contribution in [0.5, 0.6) is 0 Å². The van der Waals surface area contributed by atoms with E-state index in [-0.39, 0.29) is 6.42 Å². The van der Waals surface area contributed by atoms with Crippen LogP contribution in [0.2, 0.25) is 10.0 Å². The fraction of sp³-hybridized carbons (Fsp3) is 0.182. The number of allylic oxidation sites excluding steroid dienone is 1. The lowest BCUT2D eigenvalue weighted by molar-refractivity contribution is -0.118. The van der Waals surface area contributed by atoms with Crippen molar-refractivity contribution in [3.05, 3.63) is 40.4 Å². The summed E-state index contributed by atoms with van der Waals surface area (Å²) in [4.78, 5) is 11.0. The van der Waals surface area contributed by atoms with Crippen molar-refractivity contribution in [2.24, 2.45) is 5.73 Å². The van der Waals surface area contributed by atoms with E-state index in [2.05, 4.69) is 6.58 Å². The number of halogens is 4. The SMILES string of the molecule is C=C(CC(Cl)(Cl)C(N)=O)c1cc(Cl)cc(Cl)c1. The average molecular weight is 313 g/mol. The van der Waals surface area contributed by atoms with Crippen LogP contribution in [0, 0.1) is 0 Å². The molecule has 0 radical (unpaired) electrons. The van der Waals surface area contributed by atoms with E-state index in [1.807, 2.05) is 0 Å². The molecule has 0 unspecified atom stereocenters. The van der Waals surface area contributed by atoms with Crippen molar-refractivity contribution in [1.29, 1.82) is 0 Å². The van der Waals surface area contributed by atoms with Gasteiger partial charge in [0.05, 0.1) is 0 Å². The van der Waals surface area contributed by atoms with E-state index in [9.17, 15) is 4.79 Å². The van der Waals surface area contributed by atoms with Gasteiger partial charge in [-0.25, -0.2) is 0 Å². The van der Waals surface area contributed by atoms with Gasteiger partial charge in [0.2, 0.25) is 0 Å². The molecule has 0 aromatic heterocycles. The van der Waals surface area contributed by atoms with Gasteiger partial charge < -0.3 is 5.73 Å². The predicted molar refractivity (Wildman–Crippen MR) is 73.7 cm³/mol. The summed E-state index contributed by atoms with van der Waals surface area (Å²) in [5, 5.41) is 0.921. The van der Waals surface area contributed by atoms with Gasteiger partial charge in [0.25, 0.3) is 5.91 Å². The van der Waals surface area contributed by atoms with Crippen molar-refractivity contribution in [2.75, 3.05) is 0 Å². The van der Waals surface area contributed by atoms with Gasteiger partial charge in [-0.15, -0.1) is 0 Å². The minimum Gasteiger partial charge on any atom is -0.367 e. The first-order valence-corrected chi connectivity index (χ1v) is 6.05. The van der Waals surface area contributed by atoms with Crippen LogP contribution in [0.4, 0.5) is 0 Å². The van der Waals surface area contributed by atoms with Crippen molar-refractivity contribution < 1.29 is 4.79 Å². The number of alkyl halides is 2. The number of hydrogen-bond donors (Lipinski definition) is 1. The van der Waals surface area contributed by atoms with Gasteiger partial charge in [-0.2, -0.15) is 0 Å². The molecular formula is C11H9Cl4NO. The maximum absolute atomic E-state index is 11.0. The van der Waals surface area contributed by atoms with Crippen LogP contribution in [0.3, 0.4) is 0 Å². The van der Waals surface area contributed by atoms with Gasteiger partial charge in [-0.3, -0.25) is 4.79 Å². The molecule has 0 spiro atoms. The third kappa shape index (κ3) is 4.07. The molecule has 1 amide bonds. The van der Waals surface area contributed by atoms with Gasteiger partial charge >= 0.3 is 0 Å². The maximum atomic E-state index is 11.0. The van der Waals surface area contributed by atoms with E-state index in [4.69, 9.17) is 52.1 Å². The summed E-state index contributed by atoms with van der Waals surface area (Å²) in [6.45, 7) is 3.78. The molecule has 0 aliphatic carbocycles. The van der Waals surface area contributed by atoms with E-state index in [1.54, 1.807) is 18.2 Å².